The Morgan fingerprint density at radius 2 is 0.900 bits per heavy atom. The van der Waals surface area contributed by atoms with Crippen LogP contribution in [0.5, 0.6) is 0 Å². The molecule has 0 bridgehead atoms. The molecule has 0 aliphatic heterocycles. The normalized spacial score (nSPS) is 10.1. The summed E-state index contributed by atoms with van der Waals surface area (Å²) in [5.74, 6) is 0. The zero-order valence-electron chi connectivity index (χ0n) is 15.9. The number of hydrogen-bond acceptors (Lipinski definition) is 2. The molecule has 6 aromatic rings. The molecule has 0 atom stereocenters. The monoisotopic (exact) mass is 476 g/mol. The highest BCUT2D eigenvalue weighted by molar-refractivity contribution is 6.01. The van der Waals surface area contributed by atoms with E-state index in [0.717, 1.165) is 22.1 Å². The second-order valence-corrected chi connectivity index (χ2v) is 6.55. The number of nitrogens with zero attached hydrogens (tertiary/aromatic N) is 2. The molecule has 0 unspecified atom stereocenters. The highest BCUT2D eigenvalue weighted by Crippen LogP contribution is 2.19. The molecular weight excluding hydrogens is 460 g/mol. The standard InChI is InChI=1S/2C12H8N2.BrH.ClH/c2*1-3-9-5-6-10-4-2-8-14-12(10)11(9)13-7-1;;/h2*1-8H;2*1H. The second kappa shape index (κ2) is 9.57. The molecule has 0 spiro atoms. The van der Waals surface area contributed by atoms with E-state index < -0.39 is 0 Å². The van der Waals surface area contributed by atoms with Crippen molar-refractivity contribution in [3.05, 3.63) is 97.6 Å². The molecule has 0 aliphatic rings. The highest BCUT2D eigenvalue weighted by Gasteiger charge is 2.06. The third-order valence-electron chi connectivity index (χ3n) is 4.81. The third-order valence-corrected chi connectivity index (χ3v) is 4.81. The van der Waals surface area contributed by atoms with Crippen LogP contribution in [0.1, 0.15) is 0 Å². The number of benzene rings is 2. The van der Waals surface area contributed by atoms with Gasteiger partial charge in [-0.3, -0.25) is 0 Å². The average Bonchev–Trinajstić information content (AvgIpc) is 2.79. The fourth-order valence-corrected chi connectivity index (χ4v) is 3.47. The minimum Gasteiger partial charge on any atom is -1.00 e. The summed E-state index contributed by atoms with van der Waals surface area (Å²) in [6, 6.07) is 24.6. The summed E-state index contributed by atoms with van der Waals surface area (Å²) in [6.07, 6.45) is 7.50. The molecule has 0 fully saturated rings. The van der Waals surface area contributed by atoms with Gasteiger partial charge in [0.1, 0.15) is 11.0 Å². The molecule has 2 N–H and O–H groups in total. The molecule has 6 heteroatoms. The number of hydrogen-bond donors (Lipinski definition) is 0. The summed E-state index contributed by atoms with van der Waals surface area (Å²) < 4.78 is 0. The fourth-order valence-electron chi connectivity index (χ4n) is 3.47. The molecule has 0 radical (unpaired) electrons. The lowest BCUT2D eigenvalue weighted by Crippen LogP contribution is -3.00. The van der Waals surface area contributed by atoms with Gasteiger partial charge < -0.3 is 29.4 Å². The van der Waals surface area contributed by atoms with Crippen LogP contribution in [0.25, 0.3) is 43.6 Å². The predicted octanol–water partition coefficient (Wildman–Crippen LogP) is -1.59. The minimum absolute atomic E-state index is 0. The van der Waals surface area contributed by atoms with E-state index in [2.05, 4.69) is 68.5 Å². The first-order chi connectivity index (χ1) is 13.9. The van der Waals surface area contributed by atoms with E-state index in [1.165, 1.54) is 21.5 Å². The third kappa shape index (κ3) is 4.08. The number of rotatable bonds is 0. The van der Waals surface area contributed by atoms with Crippen LogP contribution < -0.4 is 39.4 Å². The maximum Gasteiger partial charge on any atom is 0.237 e. The molecule has 4 aromatic heterocycles. The summed E-state index contributed by atoms with van der Waals surface area (Å²) >= 11 is 0. The molecule has 4 nitrogen and oxygen atoms in total. The first kappa shape index (κ1) is 21.6. The molecular formula is C24H18BrClN4. The number of H-pyrrole nitrogens is 2. The van der Waals surface area contributed by atoms with Crippen LogP contribution in [0, 0.1) is 0 Å². The number of halogens is 2. The molecule has 4 heterocycles. The smallest absolute Gasteiger partial charge is 0.237 e. The van der Waals surface area contributed by atoms with Crippen molar-refractivity contribution in [1.29, 1.82) is 0 Å². The van der Waals surface area contributed by atoms with E-state index in [-0.39, 0.29) is 29.4 Å². The number of nitrogens with one attached hydrogen (secondary N) is 2. The predicted molar refractivity (Wildman–Crippen MR) is 112 cm³/mol. The molecule has 2 aromatic carbocycles. The van der Waals surface area contributed by atoms with Crippen molar-refractivity contribution in [2.45, 2.75) is 0 Å². The molecule has 30 heavy (non-hydrogen) atoms. The van der Waals surface area contributed by atoms with Crippen molar-refractivity contribution in [1.82, 2.24) is 9.97 Å². The Morgan fingerprint density at radius 3 is 1.37 bits per heavy atom. The van der Waals surface area contributed by atoms with Crippen molar-refractivity contribution in [2.24, 2.45) is 0 Å². The molecule has 0 saturated heterocycles. The summed E-state index contributed by atoms with van der Waals surface area (Å²) in [5.41, 5.74) is 4.27. The van der Waals surface area contributed by atoms with Crippen molar-refractivity contribution in [2.75, 3.05) is 0 Å². The van der Waals surface area contributed by atoms with Gasteiger partial charge in [0.05, 0.1) is 0 Å². The topological polar surface area (TPSA) is 54.1 Å². The van der Waals surface area contributed by atoms with E-state index in [4.69, 9.17) is 0 Å². The lowest BCUT2D eigenvalue weighted by atomic mass is 10.1. The molecule has 0 aliphatic carbocycles. The van der Waals surface area contributed by atoms with Gasteiger partial charge in [0.15, 0.2) is 12.4 Å². The minimum atomic E-state index is 0. The van der Waals surface area contributed by atoms with Gasteiger partial charge in [-0.25, -0.2) is 19.9 Å². The zero-order valence-corrected chi connectivity index (χ0v) is 18.2. The van der Waals surface area contributed by atoms with E-state index in [1.54, 1.807) is 0 Å². The Labute approximate surface area is 190 Å². The maximum atomic E-state index is 4.38. The van der Waals surface area contributed by atoms with Crippen molar-refractivity contribution >= 4 is 43.6 Å². The quantitative estimate of drug-likeness (QED) is 0.248. The van der Waals surface area contributed by atoms with E-state index in [1.807, 2.05) is 49.1 Å². The fraction of sp³-hybridized carbons (Fsp3) is 0. The largest absolute Gasteiger partial charge is 1.00 e. The van der Waals surface area contributed by atoms with Gasteiger partial charge >= 0.3 is 0 Å². The van der Waals surface area contributed by atoms with Gasteiger partial charge in [-0.05, 0) is 36.4 Å². The van der Waals surface area contributed by atoms with Crippen LogP contribution in [-0.4, -0.2) is 9.97 Å². The number of aromatic nitrogens is 4. The van der Waals surface area contributed by atoms with Gasteiger partial charge in [-0.15, -0.1) is 0 Å². The van der Waals surface area contributed by atoms with Crippen LogP contribution in [0.15, 0.2) is 97.6 Å². The number of fused-ring (bicyclic) bond motifs is 6. The van der Waals surface area contributed by atoms with E-state index in [0.29, 0.717) is 0 Å². The average molecular weight is 478 g/mol. The summed E-state index contributed by atoms with van der Waals surface area (Å²) in [4.78, 5) is 15.2. The second-order valence-electron chi connectivity index (χ2n) is 6.55. The van der Waals surface area contributed by atoms with Gasteiger partial charge in [0, 0.05) is 46.1 Å². The van der Waals surface area contributed by atoms with Crippen LogP contribution in [0.3, 0.4) is 0 Å². The Hall–Kier alpha value is -3.15. The van der Waals surface area contributed by atoms with Crippen LogP contribution in [0.2, 0.25) is 0 Å². The van der Waals surface area contributed by atoms with Crippen molar-refractivity contribution in [3.8, 4) is 0 Å². The van der Waals surface area contributed by atoms with Crippen molar-refractivity contribution in [3.63, 3.8) is 0 Å². The zero-order chi connectivity index (χ0) is 18.8. The van der Waals surface area contributed by atoms with Crippen LogP contribution >= 0.6 is 0 Å². The van der Waals surface area contributed by atoms with Gasteiger partial charge in [-0.1, -0.05) is 24.3 Å². The molecule has 0 saturated carbocycles. The Kier molecular flexibility index (Phi) is 6.87. The van der Waals surface area contributed by atoms with Gasteiger partial charge in [0.2, 0.25) is 11.0 Å². The SMILES string of the molecule is [Br-].[Cl-].c1cnc2c(c1)ccc1ccc[nH+]c12.c1cnc2c(c1)ccc1ccc[nH+]c12. The summed E-state index contributed by atoms with van der Waals surface area (Å²) in [6.45, 7) is 0. The van der Waals surface area contributed by atoms with Crippen LogP contribution in [-0.2, 0) is 0 Å². The first-order valence-electron chi connectivity index (χ1n) is 9.18. The lowest BCUT2D eigenvalue weighted by molar-refractivity contribution is -0.343. The first-order valence-corrected chi connectivity index (χ1v) is 9.18. The Bertz CT molecular complexity index is 1220. The van der Waals surface area contributed by atoms with Gasteiger partial charge in [-0.2, -0.15) is 0 Å². The number of aromatic amines is 2. The Morgan fingerprint density at radius 1 is 0.500 bits per heavy atom. The van der Waals surface area contributed by atoms with Crippen LogP contribution in [0.4, 0.5) is 0 Å². The lowest BCUT2D eigenvalue weighted by Gasteiger charge is -1.96. The van der Waals surface area contributed by atoms with Crippen molar-refractivity contribution < 1.29 is 39.4 Å². The van der Waals surface area contributed by atoms with Gasteiger partial charge in [0.25, 0.3) is 0 Å². The molecule has 148 valence electrons. The Balaban J connectivity index is 0.000000160. The van der Waals surface area contributed by atoms with E-state index >= 15 is 0 Å². The summed E-state index contributed by atoms with van der Waals surface area (Å²) in [7, 11) is 0. The highest BCUT2D eigenvalue weighted by atomic mass is 79.9. The molecule has 6 rings (SSSR count). The number of pyridine rings is 4. The maximum absolute atomic E-state index is 4.38. The van der Waals surface area contributed by atoms with E-state index in [9.17, 15) is 0 Å². The molecule has 0 amide bonds. The summed E-state index contributed by atoms with van der Waals surface area (Å²) in [5, 5.41) is 4.72.